The summed E-state index contributed by atoms with van der Waals surface area (Å²) in [5.41, 5.74) is 0.761. The van der Waals surface area contributed by atoms with Crippen LogP contribution in [-0.2, 0) is 23.4 Å². The summed E-state index contributed by atoms with van der Waals surface area (Å²) in [6, 6.07) is 11.7. The summed E-state index contributed by atoms with van der Waals surface area (Å²) in [6.45, 7) is 2.36. The Labute approximate surface area is 208 Å². The van der Waals surface area contributed by atoms with Crippen LogP contribution in [0.25, 0.3) is 0 Å². The molecule has 1 aromatic heterocycles. The number of fused-ring (bicyclic) bond motifs is 1. The van der Waals surface area contributed by atoms with E-state index in [0.717, 1.165) is 5.69 Å². The molecule has 188 valence electrons. The Hall–Kier alpha value is -4.02. The maximum absolute atomic E-state index is 12.8. The number of nitrogens with zero attached hydrogens (tertiary/aromatic N) is 3. The SMILES string of the molecule is COc1ccc(C(=O)Nc2ccc3c(c2)[C@](O)([C@@H](C)/C=C/CCn2cc(CCO)nn2)C(=O)N3)cc1. The van der Waals surface area contributed by atoms with Crippen molar-refractivity contribution in [1.29, 1.82) is 0 Å². The molecular weight excluding hydrogens is 462 g/mol. The molecule has 10 heteroatoms. The van der Waals surface area contributed by atoms with E-state index in [4.69, 9.17) is 9.84 Å². The second kappa shape index (κ2) is 10.7. The lowest BCUT2D eigenvalue weighted by Crippen LogP contribution is -2.39. The van der Waals surface area contributed by atoms with Gasteiger partial charge in [0, 0.05) is 54.2 Å². The lowest BCUT2D eigenvalue weighted by molar-refractivity contribution is -0.137. The predicted molar refractivity (Wildman–Crippen MR) is 134 cm³/mol. The second-order valence-corrected chi connectivity index (χ2v) is 8.62. The summed E-state index contributed by atoms with van der Waals surface area (Å²) in [5, 5.41) is 34.0. The third kappa shape index (κ3) is 5.14. The van der Waals surface area contributed by atoms with Crippen LogP contribution in [0.1, 0.15) is 35.0 Å². The van der Waals surface area contributed by atoms with Crippen LogP contribution in [0, 0.1) is 5.92 Å². The van der Waals surface area contributed by atoms with Gasteiger partial charge in [0.15, 0.2) is 5.60 Å². The topological polar surface area (TPSA) is 139 Å². The number of ether oxygens (including phenoxy) is 1. The van der Waals surface area contributed by atoms with Crippen molar-refractivity contribution in [1.82, 2.24) is 15.0 Å². The van der Waals surface area contributed by atoms with Crippen LogP contribution < -0.4 is 15.4 Å². The van der Waals surface area contributed by atoms with Crippen molar-refractivity contribution in [3.8, 4) is 5.75 Å². The van der Waals surface area contributed by atoms with Crippen LogP contribution in [0.3, 0.4) is 0 Å². The molecular formula is C26H29N5O5. The van der Waals surface area contributed by atoms with E-state index < -0.39 is 17.4 Å². The smallest absolute Gasteiger partial charge is 0.261 e. The van der Waals surface area contributed by atoms with Crippen molar-refractivity contribution in [2.75, 3.05) is 24.4 Å². The molecule has 4 rings (SSSR count). The third-order valence-corrected chi connectivity index (χ3v) is 6.20. The summed E-state index contributed by atoms with van der Waals surface area (Å²) in [4.78, 5) is 25.5. The molecule has 10 nitrogen and oxygen atoms in total. The Morgan fingerprint density at radius 1 is 1.28 bits per heavy atom. The largest absolute Gasteiger partial charge is 0.497 e. The van der Waals surface area contributed by atoms with Crippen LogP contribution in [-0.4, -0.2) is 50.7 Å². The first kappa shape index (κ1) is 25.1. The van der Waals surface area contributed by atoms with Gasteiger partial charge < -0.3 is 25.6 Å². The molecule has 0 fully saturated rings. The number of aliphatic hydroxyl groups is 2. The van der Waals surface area contributed by atoms with Gasteiger partial charge in [-0.05, 0) is 48.9 Å². The van der Waals surface area contributed by atoms with Crippen molar-refractivity contribution in [2.45, 2.75) is 31.9 Å². The monoisotopic (exact) mass is 491 g/mol. The fourth-order valence-electron chi connectivity index (χ4n) is 4.11. The number of aromatic nitrogens is 3. The van der Waals surface area contributed by atoms with E-state index in [2.05, 4.69) is 20.9 Å². The number of carbonyl (C=O) groups is 2. The molecule has 1 aliphatic heterocycles. The second-order valence-electron chi connectivity index (χ2n) is 8.62. The highest BCUT2D eigenvalue weighted by molar-refractivity contribution is 6.07. The minimum Gasteiger partial charge on any atom is -0.497 e. The van der Waals surface area contributed by atoms with Crippen LogP contribution in [0.4, 0.5) is 11.4 Å². The van der Waals surface area contributed by atoms with E-state index in [-0.39, 0.29) is 12.5 Å². The van der Waals surface area contributed by atoms with Crippen molar-refractivity contribution in [3.05, 3.63) is 77.6 Å². The highest BCUT2D eigenvalue weighted by atomic mass is 16.5. The molecule has 36 heavy (non-hydrogen) atoms. The maximum Gasteiger partial charge on any atom is 0.261 e. The Morgan fingerprint density at radius 2 is 2.06 bits per heavy atom. The summed E-state index contributed by atoms with van der Waals surface area (Å²) >= 11 is 0. The van der Waals surface area contributed by atoms with Crippen LogP contribution >= 0.6 is 0 Å². The van der Waals surface area contributed by atoms with Gasteiger partial charge in [0.25, 0.3) is 11.8 Å². The zero-order chi connectivity index (χ0) is 25.7. The van der Waals surface area contributed by atoms with E-state index in [0.29, 0.717) is 47.6 Å². The molecule has 4 N–H and O–H groups in total. The lowest BCUT2D eigenvalue weighted by atomic mass is 9.82. The number of benzene rings is 2. The fraction of sp³-hybridized carbons (Fsp3) is 0.308. The van der Waals surface area contributed by atoms with Crippen molar-refractivity contribution in [2.24, 2.45) is 5.92 Å². The first-order valence-corrected chi connectivity index (χ1v) is 11.7. The number of anilines is 2. The highest BCUT2D eigenvalue weighted by Crippen LogP contribution is 2.43. The number of aryl methyl sites for hydroxylation is 1. The van der Waals surface area contributed by atoms with Gasteiger partial charge in [-0.25, -0.2) is 0 Å². The molecule has 2 atom stereocenters. The van der Waals surface area contributed by atoms with E-state index in [9.17, 15) is 14.7 Å². The van der Waals surface area contributed by atoms with E-state index in [1.54, 1.807) is 73.5 Å². The molecule has 2 heterocycles. The van der Waals surface area contributed by atoms with Crippen molar-refractivity contribution < 1.29 is 24.5 Å². The first-order valence-electron chi connectivity index (χ1n) is 11.7. The summed E-state index contributed by atoms with van der Waals surface area (Å²) < 4.78 is 6.81. The average molecular weight is 492 g/mol. The fourth-order valence-corrected chi connectivity index (χ4v) is 4.11. The number of carbonyl (C=O) groups excluding carboxylic acids is 2. The molecule has 0 saturated heterocycles. The van der Waals surface area contributed by atoms with E-state index >= 15 is 0 Å². The molecule has 0 aliphatic carbocycles. The third-order valence-electron chi connectivity index (χ3n) is 6.20. The van der Waals surface area contributed by atoms with Crippen LogP contribution in [0.2, 0.25) is 0 Å². The normalized spacial score (nSPS) is 17.6. The summed E-state index contributed by atoms with van der Waals surface area (Å²) in [6.07, 6.45) is 6.54. The Morgan fingerprint density at radius 3 is 2.78 bits per heavy atom. The zero-order valence-corrected chi connectivity index (χ0v) is 20.1. The number of methoxy groups -OCH3 is 1. The first-order chi connectivity index (χ1) is 17.3. The number of allylic oxidation sites excluding steroid dienone is 1. The molecule has 2 amide bonds. The van der Waals surface area contributed by atoms with Crippen molar-refractivity contribution >= 4 is 23.2 Å². The predicted octanol–water partition coefficient (Wildman–Crippen LogP) is 2.50. The molecule has 0 saturated carbocycles. The van der Waals surface area contributed by atoms with Crippen LogP contribution in [0.15, 0.2) is 60.8 Å². The number of rotatable bonds is 10. The molecule has 3 aromatic rings. The number of amides is 2. The minimum atomic E-state index is -1.78. The van der Waals surface area contributed by atoms with Gasteiger partial charge in [-0.2, -0.15) is 0 Å². The van der Waals surface area contributed by atoms with Gasteiger partial charge in [0.05, 0.1) is 12.8 Å². The molecule has 0 radical (unpaired) electrons. The van der Waals surface area contributed by atoms with Gasteiger partial charge in [-0.3, -0.25) is 14.3 Å². The number of aliphatic hydroxyl groups excluding tert-OH is 1. The molecule has 0 bridgehead atoms. The number of nitrogens with one attached hydrogen (secondary N) is 2. The van der Waals surface area contributed by atoms with Gasteiger partial charge >= 0.3 is 0 Å². The molecule has 0 spiro atoms. The quantitative estimate of drug-likeness (QED) is 0.320. The van der Waals surface area contributed by atoms with Gasteiger partial charge in [-0.1, -0.05) is 24.3 Å². The number of hydrogen-bond donors (Lipinski definition) is 4. The minimum absolute atomic E-state index is 0.0190. The zero-order valence-electron chi connectivity index (χ0n) is 20.1. The van der Waals surface area contributed by atoms with Crippen molar-refractivity contribution in [3.63, 3.8) is 0 Å². The van der Waals surface area contributed by atoms with Crippen LogP contribution in [0.5, 0.6) is 5.75 Å². The summed E-state index contributed by atoms with van der Waals surface area (Å²) in [7, 11) is 1.55. The van der Waals surface area contributed by atoms with Gasteiger partial charge in [0.2, 0.25) is 0 Å². The van der Waals surface area contributed by atoms with E-state index in [1.165, 1.54) is 0 Å². The Balaban J connectivity index is 1.44. The molecule has 0 unspecified atom stereocenters. The summed E-state index contributed by atoms with van der Waals surface area (Å²) in [5.74, 6) is -0.722. The lowest BCUT2D eigenvalue weighted by Gasteiger charge is -2.26. The van der Waals surface area contributed by atoms with Gasteiger partial charge in [0.1, 0.15) is 5.75 Å². The molecule has 1 aliphatic rings. The standard InChI is InChI=1S/C26H29N5O5/c1-17(5-3-4-13-31-16-20(12-14-32)29-30-31)26(35)22-15-19(8-11-23(22)28-25(26)34)27-24(33)18-6-9-21(36-2)10-7-18/h3,5-11,15-17,32,35H,4,12-14H2,1-2H3,(H,27,33)(H,28,34)/b5-3+/t17-,26+/m0/s1. The number of hydrogen-bond acceptors (Lipinski definition) is 7. The van der Waals surface area contributed by atoms with Gasteiger partial charge in [-0.15, -0.1) is 5.10 Å². The average Bonchev–Trinajstić information content (AvgIpc) is 3.44. The Kier molecular flexibility index (Phi) is 7.47. The maximum atomic E-state index is 12.8. The Bertz CT molecular complexity index is 1270. The molecule has 2 aromatic carbocycles. The van der Waals surface area contributed by atoms with E-state index in [1.807, 2.05) is 6.08 Å². The highest BCUT2D eigenvalue weighted by Gasteiger charge is 2.48.